The highest BCUT2D eigenvalue weighted by Crippen LogP contribution is 2.43. The number of nitrogens with zero attached hydrogens (tertiary/aromatic N) is 2. The van der Waals surface area contributed by atoms with Gasteiger partial charge in [0.2, 0.25) is 5.91 Å². The molecule has 3 heterocycles. The maximum Gasteiger partial charge on any atom is 0.311 e. The number of fused-ring (bicyclic) bond motifs is 1. The molecule has 1 N–H and O–H groups in total. The number of carbonyl (C=O) groups is 3. The Morgan fingerprint density at radius 2 is 1.93 bits per heavy atom. The summed E-state index contributed by atoms with van der Waals surface area (Å²) >= 11 is 0. The lowest BCUT2D eigenvalue weighted by molar-refractivity contribution is -0.147. The van der Waals surface area contributed by atoms with E-state index in [9.17, 15) is 14.4 Å². The monoisotopic (exact) mass is 367 g/mol. The number of piperazine rings is 1. The van der Waals surface area contributed by atoms with Crippen LogP contribution in [0.15, 0.2) is 48.7 Å². The zero-order valence-corrected chi connectivity index (χ0v) is 15.0. The highest BCUT2D eigenvalue weighted by atomic mass is 16.5. The third kappa shape index (κ3) is 2.99. The van der Waals surface area contributed by atoms with Crippen LogP contribution in [0.2, 0.25) is 0 Å². The van der Waals surface area contributed by atoms with Crippen LogP contribution in [0.3, 0.4) is 0 Å². The number of rotatable bonds is 3. The Hall–Kier alpha value is -3.09. The second kappa shape index (κ2) is 6.90. The quantitative estimate of drug-likeness (QED) is 0.836. The maximum absolute atomic E-state index is 13.0. The molecule has 0 saturated carbocycles. The standard InChI is InChI=1S/C20H21N3O4/c1-27-20(26)15-10-14-11-22(19(25)16-8-5-9-21-16)12-17(24)23(14)18(15)13-6-3-2-4-7-13/h2-9,14-15,18,21H,10-12H2,1H3/t14-,15-,18-/m0/s1. The van der Waals surface area contributed by atoms with Gasteiger partial charge in [0.05, 0.1) is 25.1 Å². The van der Waals surface area contributed by atoms with Crippen LogP contribution in [0.4, 0.5) is 0 Å². The van der Waals surface area contributed by atoms with E-state index in [-0.39, 0.29) is 36.4 Å². The third-order valence-electron chi connectivity index (χ3n) is 5.41. The van der Waals surface area contributed by atoms with Crippen LogP contribution >= 0.6 is 0 Å². The van der Waals surface area contributed by atoms with Gasteiger partial charge in [-0.05, 0) is 24.1 Å². The topological polar surface area (TPSA) is 82.7 Å². The van der Waals surface area contributed by atoms with Gasteiger partial charge < -0.3 is 19.5 Å². The molecule has 2 saturated heterocycles. The fourth-order valence-corrected chi connectivity index (χ4v) is 4.25. The average Bonchev–Trinajstić information content (AvgIpc) is 3.35. The fourth-order valence-electron chi connectivity index (χ4n) is 4.25. The Morgan fingerprint density at radius 3 is 2.59 bits per heavy atom. The molecular formula is C20H21N3O4. The Bertz CT molecular complexity index is 849. The number of hydrogen-bond acceptors (Lipinski definition) is 4. The fraction of sp³-hybridized carbons (Fsp3) is 0.350. The number of ether oxygens (including phenoxy) is 1. The molecule has 0 bridgehead atoms. The normalized spacial score (nSPS) is 24.6. The highest BCUT2D eigenvalue weighted by molar-refractivity contribution is 5.96. The van der Waals surface area contributed by atoms with E-state index in [0.29, 0.717) is 18.7 Å². The zero-order valence-electron chi connectivity index (χ0n) is 15.0. The van der Waals surface area contributed by atoms with Crippen molar-refractivity contribution in [3.63, 3.8) is 0 Å². The number of hydrogen-bond donors (Lipinski definition) is 1. The summed E-state index contributed by atoms with van der Waals surface area (Å²) < 4.78 is 5.00. The molecule has 7 heteroatoms. The van der Waals surface area contributed by atoms with Crippen molar-refractivity contribution in [3.05, 3.63) is 59.9 Å². The maximum atomic E-state index is 13.0. The number of methoxy groups -OCH3 is 1. The first-order valence-electron chi connectivity index (χ1n) is 8.96. The average molecular weight is 367 g/mol. The molecule has 0 unspecified atom stereocenters. The van der Waals surface area contributed by atoms with Crippen molar-refractivity contribution in [2.75, 3.05) is 20.2 Å². The largest absolute Gasteiger partial charge is 0.469 e. The second-order valence-electron chi connectivity index (χ2n) is 6.95. The Balaban J connectivity index is 1.63. The van der Waals surface area contributed by atoms with Crippen LogP contribution in [0, 0.1) is 5.92 Å². The van der Waals surface area contributed by atoms with Gasteiger partial charge >= 0.3 is 5.97 Å². The van der Waals surface area contributed by atoms with Crippen molar-refractivity contribution >= 4 is 17.8 Å². The van der Waals surface area contributed by atoms with Gasteiger partial charge in [0, 0.05) is 12.7 Å². The molecule has 2 fully saturated rings. The first-order chi connectivity index (χ1) is 13.1. The van der Waals surface area contributed by atoms with Crippen molar-refractivity contribution < 1.29 is 19.1 Å². The van der Waals surface area contributed by atoms with E-state index < -0.39 is 5.92 Å². The molecule has 4 rings (SSSR count). The van der Waals surface area contributed by atoms with E-state index in [4.69, 9.17) is 4.74 Å². The summed E-state index contributed by atoms with van der Waals surface area (Å²) in [5.41, 5.74) is 1.37. The predicted octanol–water partition coefficient (Wildman–Crippen LogP) is 1.60. The summed E-state index contributed by atoms with van der Waals surface area (Å²) in [7, 11) is 1.37. The first kappa shape index (κ1) is 17.3. The Labute approximate surface area is 156 Å². The molecule has 1 aromatic carbocycles. The summed E-state index contributed by atoms with van der Waals surface area (Å²) in [6.07, 6.45) is 2.16. The Morgan fingerprint density at radius 1 is 1.15 bits per heavy atom. The summed E-state index contributed by atoms with van der Waals surface area (Å²) in [6, 6.07) is 12.4. The van der Waals surface area contributed by atoms with Gasteiger partial charge in [-0.1, -0.05) is 30.3 Å². The molecule has 0 radical (unpaired) electrons. The van der Waals surface area contributed by atoms with Crippen LogP contribution in [0.1, 0.15) is 28.5 Å². The molecule has 140 valence electrons. The number of H-pyrrole nitrogens is 1. The molecule has 2 amide bonds. The van der Waals surface area contributed by atoms with E-state index in [2.05, 4.69) is 4.98 Å². The van der Waals surface area contributed by atoms with Crippen LogP contribution in [0.5, 0.6) is 0 Å². The summed E-state index contributed by atoms with van der Waals surface area (Å²) in [5.74, 6) is -1.11. The molecule has 1 aromatic heterocycles. The number of aromatic amines is 1. The molecule has 27 heavy (non-hydrogen) atoms. The van der Waals surface area contributed by atoms with E-state index in [1.807, 2.05) is 30.3 Å². The van der Waals surface area contributed by atoms with Crippen LogP contribution in [0.25, 0.3) is 0 Å². The summed E-state index contributed by atoms with van der Waals surface area (Å²) in [5, 5.41) is 0. The minimum atomic E-state index is -0.438. The molecule has 2 aromatic rings. The molecule has 2 aliphatic rings. The van der Waals surface area contributed by atoms with E-state index in [1.165, 1.54) is 7.11 Å². The van der Waals surface area contributed by atoms with Crippen molar-refractivity contribution in [2.45, 2.75) is 18.5 Å². The van der Waals surface area contributed by atoms with Gasteiger partial charge in [0.15, 0.2) is 0 Å². The number of carbonyl (C=O) groups excluding carboxylic acids is 3. The number of nitrogens with one attached hydrogen (secondary N) is 1. The van der Waals surface area contributed by atoms with E-state index >= 15 is 0 Å². The second-order valence-corrected chi connectivity index (χ2v) is 6.95. The molecule has 3 atom stereocenters. The number of benzene rings is 1. The van der Waals surface area contributed by atoms with Gasteiger partial charge in [-0.2, -0.15) is 0 Å². The molecule has 0 aliphatic carbocycles. The van der Waals surface area contributed by atoms with Crippen molar-refractivity contribution in [1.29, 1.82) is 0 Å². The van der Waals surface area contributed by atoms with Crippen molar-refractivity contribution in [1.82, 2.24) is 14.8 Å². The van der Waals surface area contributed by atoms with E-state index in [0.717, 1.165) is 5.56 Å². The summed E-state index contributed by atoms with van der Waals surface area (Å²) in [4.78, 5) is 44.2. The number of esters is 1. The molecular weight excluding hydrogens is 346 g/mol. The molecule has 2 aliphatic heterocycles. The van der Waals surface area contributed by atoms with Crippen LogP contribution < -0.4 is 0 Å². The summed E-state index contributed by atoms with van der Waals surface area (Å²) in [6.45, 7) is 0.409. The minimum Gasteiger partial charge on any atom is -0.469 e. The Kier molecular flexibility index (Phi) is 4.43. The lowest BCUT2D eigenvalue weighted by Gasteiger charge is -2.40. The predicted molar refractivity (Wildman–Crippen MR) is 96.6 cm³/mol. The SMILES string of the molecule is COC(=O)[C@H]1C[C@H]2CN(C(=O)c3ccc[nH]3)CC(=O)N2[C@H]1c1ccccc1. The van der Waals surface area contributed by atoms with Gasteiger partial charge in [-0.3, -0.25) is 14.4 Å². The zero-order chi connectivity index (χ0) is 19.0. The van der Waals surface area contributed by atoms with Crippen LogP contribution in [-0.4, -0.2) is 58.8 Å². The van der Waals surface area contributed by atoms with Gasteiger partial charge in [0.25, 0.3) is 5.91 Å². The molecule has 7 nitrogen and oxygen atoms in total. The lowest BCUT2D eigenvalue weighted by Crippen LogP contribution is -2.55. The van der Waals surface area contributed by atoms with Gasteiger partial charge in [-0.15, -0.1) is 0 Å². The van der Waals surface area contributed by atoms with Crippen molar-refractivity contribution in [3.8, 4) is 0 Å². The van der Waals surface area contributed by atoms with Gasteiger partial charge in [-0.25, -0.2) is 0 Å². The number of aromatic nitrogens is 1. The lowest BCUT2D eigenvalue weighted by atomic mass is 9.93. The smallest absolute Gasteiger partial charge is 0.311 e. The first-order valence-corrected chi connectivity index (χ1v) is 8.96. The molecule has 0 spiro atoms. The third-order valence-corrected chi connectivity index (χ3v) is 5.41. The minimum absolute atomic E-state index is 0.00554. The highest BCUT2D eigenvalue weighted by Gasteiger charge is 2.51. The number of amides is 2. The van der Waals surface area contributed by atoms with Crippen LogP contribution in [-0.2, 0) is 14.3 Å². The van der Waals surface area contributed by atoms with E-state index in [1.54, 1.807) is 28.1 Å². The van der Waals surface area contributed by atoms with Crippen molar-refractivity contribution in [2.24, 2.45) is 5.92 Å². The van der Waals surface area contributed by atoms with Gasteiger partial charge in [0.1, 0.15) is 12.2 Å².